The van der Waals surface area contributed by atoms with Crippen LogP contribution in [-0.2, 0) is 6.42 Å². The van der Waals surface area contributed by atoms with Gasteiger partial charge in [0.1, 0.15) is 5.82 Å². The summed E-state index contributed by atoms with van der Waals surface area (Å²) in [5, 5.41) is 0. The lowest BCUT2D eigenvalue weighted by atomic mass is 10.00. The Kier molecular flexibility index (Phi) is 3.28. The van der Waals surface area contributed by atoms with Crippen molar-refractivity contribution in [3.05, 3.63) is 53.3 Å². The molecule has 2 rings (SSSR count). The Morgan fingerprint density at radius 1 is 0.944 bits per heavy atom. The molecule has 0 heterocycles. The summed E-state index contributed by atoms with van der Waals surface area (Å²) in [6.07, 6.45) is 0.685. The molecule has 2 aromatic rings. The highest BCUT2D eigenvalue weighted by atomic mass is 19.2. The van der Waals surface area contributed by atoms with Gasteiger partial charge in [0.2, 0.25) is 0 Å². The summed E-state index contributed by atoms with van der Waals surface area (Å²) < 4.78 is 39.6. The van der Waals surface area contributed by atoms with E-state index in [1.165, 1.54) is 0 Å². The first-order chi connectivity index (χ1) is 8.52. The van der Waals surface area contributed by atoms with Gasteiger partial charge in [-0.2, -0.15) is 0 Å². The van der Waals surface area contributed by atoms with E-state index in [2.05, 4.69) is 0 Å². The molecule has 0 atom stereocenters. The number of nitrogens with two attached hydrogens (primary N) is 1. The van der Waals surface area contributed by atoms with E-state index < -0.39 is 17.5 Å². The van der Waals surface area contributed by atoms with Crippen LogP contribution in [0.1, 0.15) is 12.5 Å². The van der Waals surface area contributed by atoms with Gasteiger partial charge >= 0.3 is 0 Å². The van der Waals surface area contributed by atoms with Crippen molar-refractivity contribution in [3.63, 3.8) is 0 Å². The van der Waals surface area contributed by atoms with Gasteiger partial charge < -0.3 is 5.73 Å². The second-order valence-corrected chi connectivity index (χ2v) is 4.01. The molecule has 0 spiro atoms. The molecule has 0 unspecified atom stereocenters. The third kappa shape index (κ3) is 2.18. The molecule has 0 radical (unpaired) electrons. The van der Waals surface area contributed by atoms with E-state index in [1.54, 1.807) is 18.2 Å². The molecule has 0 bridgehead atoms. The highest BCUT2D eigenvalue weighted by Gasteiger charge is 2.12. The van der Waals surface area contributed by atoms with E-state index in [9.17, 15) is 13.2 Å². The predicted octanol–water partition coefficient (Wildman–Crippen LogP) is 3.92. The Morgan fingerprint density at radius 3 is 2.28 bits per heavy atom. The Hall–Kier alpha value is -1.97. The molecular formula is C14H12F3N. The lowest BCUT2D eigenvalue weighted by Crippen LogP contribution is -1.95. The Labute approximate surface area is 103 Å². The van der Waals surface area contributed by atoms with Gasteiger partial charge in [0.05, 0.1) is 0 Å². The SMILES string of the molecule is CCc1cc(-c2cc(F)c(F)cc2F)ccc1N. The highest BCUT2D eigenvalue weighted by Crippen LogP contribution is 2.28. The number of rotatable bonds is 2. The summed E-state index contributed by atoms with van der Waals surface area (Å²) in [4.78, 5) is 0. The minimum atomic E-state index is -1.19. The molecular weight excluding hydrogens is 239 g/mol. The van der Waals surface area contributed by atoms with Crippen molar-refractivity contribution in [1.82, 2.24) is 0 Å². The van der Waals surface area contributed by atoms with Gasteiger partial charge in [-0.3, -0.25) is 0 Å². The number of anilines is 1. The summed E-state index contributed by atoms with van der Waals surface area (Å²) in [5.74, 6) is -3.05. The maximum atomic E-state index is 13.6. The van der Waals surface area contributed by atoms with Crippen LogP contribution in [0.5, 0.6) is 0 Å². The third-order valence-corrected chi connectivity index (χ3v) is 2.84. The van der Waals surface area contributed by atoms with Crippen LogP contribution < -0.4 is 5.73 Å². The monoisotopic (exact) mass is 251 g/mol. The fourth-order valence-corrected chi connectivity index (χ4v) is 1.82. The second-order valence-electron chi connectivity index (χ2n) is 4.01. The number of hydrogen-bond acceptors (Lipinski definition) is 1. The van der Waals surface area contributed by atoms with Gasteiger partial charge in [-0.25, -0.2) is 13.2 Å². The number of nitrogen functional groups attached to an aromatic ring is 1. The lowest BCUT2D eigenvalue weighted by Gasteiger charge is -2.08. The van der Waals surface area contributed by atoms with Crippen molar-refractivity contribution in [1.29, 1.82) is 0 Å². The normalized spacial score (nSPS) is 10.7. The summed E-state index contributed by atoms with van der Waals surface area (Å²) in [7, 11) is 0. The maximum absolute atomic E-state index is 13.6. The zero-order valence-electron chi connectivity index (χ0n) is 9.81. The fourth-order valence-electron chi connectivity index (χ4n) is 1.82. The van der Waals surface area contributed by atoms with Crippen molar-refractivity contribution in [3.8, 4) is 11.1 Å². The van der Waals surface area contributed by atoms with Gasteiger partial charge in [-0.05, 0) is 35.7 Å². The molecule has 2 aromatic carbocycles. The first-order valence-electron chi connectivity index (χ1n) is 5.56. The molecule has 0 amide bonds. The zero-order chi connectivity index (χ0) is 13.3. The minimum absolute atomic E-state index is 0.0311. The minimum Gasteiger partial charge on any atom is -0.399 e. The average Bonchev–Trinajstić information content (AvgIpc) is 2.35. The largest absolute Gasteiger partial charge is 0.399 e. The summed E-state index contributed by atoms with van der Waals surface area (Å²) in [5.41, 5.74) is 7.70. The standard InChI is InChI=1S/C14H12F3N/c1-2-8-5-9(3-4-14(8)18)10-6-12(16)13(17)7-11(10)15/h3-7H,2,18H2,1H3. The molecule has 0 aliphatic heterocycles. The number of hydrogen-bond donors (Lipinski definition) is 1. The Balaban J connectivity index is 2.58. The van der Waals surface area contributed by atoms with Gasteiger partial charge in [0, 0.05) is 17.3 Å². The van der Waals surface area contributed by atoms with Gasteiger partial charge in [-0.1, -0.05) is 13.0 Å². The number of aryl methyl sites for hydroxylation is 1. The van der Waals surface area contributed by atoms with Crippen molar-refractivity contribution < 1.29 is 13.2 Å². The summed E-state index contributed by atoms with van der Waals surface area (Å²) in [6.45, 7) is 1.91. The fraction of sp³-hybridized carbons (Fsp3) is 0.143. The maximum Gasteiger partial charge on any atom is 0.161 e. The third-order valence-electron chi connectivity index (χ3n) is 2.84. The van der Waals surface area contributed by atoms with Crippen LogP contribution in [0, 0.1) is 17.5 Å². The van der Waals surface area contributed by atoms with Crippen LogP contribution in [0.15, 0.2) is 30.3 Å². The van der Waals surface area contributed by atoms with E-state index in [0.29, 0.717) is 23.7 Å². The van der Waals surface area contributed by atoms with Crippen LogP contribution >= 0.6 is 0 Å². The molecule has 0 aromatic heterocycles. The van der Waals surface area contributed by atoms with Crippen molar-refractivity contribution in [2.24, 2.45) is 0 Å². The van der Waals surface area contributed by atoms with Crippen LogP contribution in [0.4, 0.5) is 18.9 Å². The molecule has 0 fully saturated rings. The lowest BCUT2D eigenvalue weighted by molar-refractivity contribution is 0.496. The summed E-state index contributed by atoms with van der Waals surface area (Å²) in [6, 6.07) is 6.31. The molecule has 0 saturated carbocycles. The molecule has 0 aliphatic carbocycles. The molecule has 0 saturated heterocycles. The quantitative estimate of drug-likeness (QED) is 0.635. The molecule has 1 nitrogen and oxygen atoms in total. The predicted molar refractivity (Wildman–Crippen MR) is 65.5 cm³/mol. The average molecular weight is 251 g/mol. The second kappa shape index (κ2) is 4.72. The van der Waals surface area contributed by atoms with E-state index in [-0.39, 0.29) is 5.56 Å². The van der Waals surface area contributed by atoms with Crippen molar-refractivity contribution in [2.45, 2.75) is 13.3 Å². The van der Waals surface area contributed by atoms with Crippen LogP contribution in [0.3, 0.4) is 0 Å². The van der Waals surface area contributed by atoms with Crippen LogP contribution in [0.25, 0.3) is 11.1 Å². The molecule has 94 valence electrons. The zero-order valence-corrected chi connectivity index (χ0v) is 9.81. The molecule has 2 N–H and O–H groups in total. The van der Waals surface area contributed by atoms with Crippen molar-refractivity contribution in [2.75, 3.05) is 5.73 Å². The number of halogens is 3. The molecule has 18 heavy (non-hydrogen) atoms. The summed E-state index contributed by atoms with van der Waals surface area (Å²) >= 11 is 0. The topological polar surface area (TPSA) is 26.0 Å². The number of benzene rings is 2. The van der Waals surface area contributed by atoms with E-state index in [0.717, 1.165) is 11.6 Å². The first kappa shape index (κ1) is 12.5. The van der Waals surface area contributed by atoms with E-state index >= 15 is 0 Å². The van der Waals surface area contributed by atoms with Crippen LogP contribution in [-0.4, -0.2) is 0 Å². The van der Waals surface area contributed by atoms with Gasteiger partial charge in [0.25, 0.3) is 0 Å². The molecule has 4 heteroatoms. The van der Waals surface area contributed by atoms with E-state index in [1.807, 2.05) is 6.92 Å². The van der Waals surface area contributed by atoms with Crippen molar-refractivity contribution >= 4 is 5.69 Å². The molecule has 0 aliphatic rings. The van der Waals surface area contributed by atoms with E-state index in [4.69, 9.17) is 5.73 Å². The highest BCUT2D eigenvalue weighted by molar-refractivity contribution is 5.68. The Bertz CT molecular complexity index is 594. The van der Waals surface area contributed by atoms with Gasteiger partial charge in [-0.15, -0.1) is 0 Å². The van der Waals surface area contributed by atoms with Gasteiger partial charge in [0.15, 0.2) is 11.6 Å². The van der Waals surface area contributed by atoms with Crippen LogP contribution in [0.2, 0.25) is 0 Å². The first-order valence-corrected chi connectivity index (χ1v) is 5.56. The Morgan fingerprint density at radius 2 is 1.61 bits per heavy atom. The smallest absolute Gasteiger partial charge is 0.161 e.